The largest absolute Gasteiger partial charge is 0.454 e. The molecule has 1 fully saturated rings. The Morgan fingerprint density at radius 3 is 2.64 bits per heavy atom. The van der Waals surface area contributed by atoms with Crippen LogP contribution >= 0.6 is 22.9 Å². The number of thiazole rings is 1. The summed E-state index contributed by atoms with van der Waals surface area (Å²) < 4.78 is 38.5. The maximum Gasteiger partial charge on any atom is 0.277 e. The number of halogens is 1. The average Bonchev–Trinajstić information content (AvgIpc) is 3.56. The zero-order valence-electron chi connectivity index (χ0n) is 19.9. The molecule has 0 atom stereocenters. The molecule has 0 unspecified atom stereocenters. The zero-order chi connectivity index (χ0) is 25.4. The number of rotatable bonds is 6. The lowest BCUT2D eigenvalue weighted by atomic mass is 9.99. The van der Waals surface area contributed by atoms with Crippen LogP contribution in [0.3, 0.4) is 0 Å². The van der Waals surface area contributed by atoms with Gasteiger partial charge in [-0.25, -0.2) is 13.4 Å². The number of amides is 1. The molecule has 1 saturated heterocycles. The summed E-state index contributed by atoms with van der Waals surface area (Å²) in [5.74, 6) is 1.20. The zero-order valence-corrected chi connectivity index (χ0v) is 22.3. The number of ether oxygens (including phenoxy) is 2. The Kier molecular flexibility index (Phi) is 6.95. The van der Waals surface area contributed by atoms with E-state index in [0.29, 0.717) is 54.7 Å². The summed E-state index contributed by atoms with van der Waals surface area (Å²) in [7, 11) is -3.61. The molecule has 0 N–H and O–H groups in total. The van der Waals surface area contributed by atoms with Crippen molar-refractivity contribution in [3.05, 3.63) is 63.1 Å². The third-order valence-corrected chi connectivity index (χ3v) is 9.86. The van der Waals surface area contributed by atoms with Gasteiger partial charge in [-0.3, -0.25) is 4.79 Å². The van der Waals surface area contributed by atoms with Gasteiger partial charge in [0.15, 0.2) is 11.5 Å². The molecule has 2 aromatic carbocycles. The van der Waals surface area contributed by atoms with Crippen LogP contribution in [0.15, 0.2) is 46.7 Å². The summed E-state index contributed by atoms with van der Waals surface area (Å²) in [6, 6.07) is 10.3. The first kappa shape index (κ1) is 25.0. The van der Waals surface area contributed by atoms with E-state index in [-0.39, 0.29) is 23.5 Å². The van der Waals surface area contributed by atoms with Gasteiger partial charge < -0.3 is 14.4 Å². The van der Waals surface area contributed by atoms with E-state index >= 15 is 0 Å². The van der Waals surface area contributed by atoms with Crippen LogP contribution in [0.1, 0.15) is 46.7 Å². The monoisotopic (exact) mass is 547 g/mol. The van der Waals surface area contributed by atoms with Crippen LogP contribution in [0.2, 0.25) is 5.02 Å². The molecule has 11 heteroatoms. The molecule has 3 aromatic rings. The minimum atomic E-state index is -3.61. The number of aryl methyl sites for hydroxylation is 1. The molecule has 2 aliphatic heterocycles. The van der Waals surface area contributed by atoms with Gasteiger partial charge in [-0.05, 0) is 56.5 Å². The highest BCUT2D eigenvalue weighted by Gasteiger charge is 2.32. The summed E-state index contributed by atoms with van der Waals surface area (Å²) >= 11 is 7.60. The predicted octanol–water partition coefficient (Wildman–Crippen LogP) is 5.07. The van der Waals surface area contributed by atoms with Gasteiger partial charge >= 0.3 is 0 Å². The lowest BCUT2D eigenvalue weighted by Crippen LogP contribution is -2.38. The Morgan fingerprint density at radius 1 is 1.17 bits per heavy atom. The Morgan fingerprint density at radius 2 is 1.92 bits per heavy atom. The number of hydrogen-bond donors (Lipinski definition) is 0. The number of carbonyl (C=O) groups excluding carboxylic acids is 1. The van der Waals surface area contributed by atoms with E-state index in [1.54, 1.807) is 34.5 Å². The molecular formula is C25H26ClN3O5S2. The minimum absolute atomic E-state index is 0.102. The van der Waals surface area contributed by atoms with Crippen molar-refractivity contribution in [3.8, 4) is 11.5 Å². The van der Waals surface area contributed by atoms with Crippen LogP contribution < -0.4 is 14.4 Å². The van der Waals surface area contributed by atoms with Crippen LogP contribution in [0.25, 0.3) is 0 Å². The van der Waals surface area contributed by atoms with E-state index in [2.05, 4.69) is 4.98 Å². The van der Waals surface area contributed by atoms with Crippen LogP contribution in [-0.2, 0) is 10.0 Å². The maximum absolute atomic E-state index is 13.3. The standard InChI is InChI=1S/C25H26ClN3O5S2/c1-3-29(18-5-7-22-23(12-18)34-15-33-22)25(30)21-14-35-24(27-21)17-8-10-28(11-9-17)36(31,32)19-6-4-16(2)20(26)13-19/h4-7,12-14,17H,3,8-11,15H2,1-2H3. The van der Waals surface area contributed by atoms with Gasteiger partial charge in [0.25, 0.3) is 5.91 Å². The third-order valence-electron chi connectivity index (χ3n) is 6.55. The van der Waals surface area contributed by atoms with Crippen LogP contribution in [-0.4, -0.2) is 50.0 Å². The van der Waals surface area contributed by atoms with Gasteiger partial charge in [0, 0.05) is 47.7 Å². The summed E-state index contributed by atoms with van der Waals surface area (Å²) in [5.41, 5.74) is 1.94. The predicted molar refractivity (Wildman–Crippen MR) is 139 cm³/mol. The van der Waals surface area contributed by atoms with E-state index in [9.17, 15) is 13.2 Å². The molecule has 0 radical (unpaired) electrons. The normalized spacial score (nSPS) is 16.3. The highest BCUT2D eigenvalue weighted by molar-refractivity contribution is 7.89. The average molecular weight is 548 g/mol. The van der Waals surface area contributed by atoms with Crippen molar-refractivity contribution in [2.24, 2.45) is 0 Å². The van der Waals surface area contributed by atoms with Crippen molar-refractivity contribution < 1.29 is 22.7 Å². The molecular weight excluding hydrogens is 522 g/mol. The number of anilines is 1. The molecule has 0 bridgehead atoms. The number of sulfonamides is 1. The SMILES string of the molecule is CCN(C(=O)c1csc(C2CCN(S(=O)(=O)c3ccc(C)c(Cl)c3)CC2)n1)c1ccc2c(c1)OCO2. The highest BCUT2D eigenvalue weighted by atomic mass is 35.5. The van der Waals surface area contributed by atoms with Crippen molar-refractivity contribution in [3.63, 3.8) is 0 Å². The summed E-state index contributed by atoms with van der Waals surface area (Å²) in [4.78, 5) is 19.8. The molecule has 1 aromatic heterocycles. The Hall–Kier alpha value is -2.66. The van der Waals surface area contributed by atoms with E-state index in [1.807, 2.05) is 19.9 Å². The minimum Gasteiger partial charge on any atom is -0.454 e. The Labute approximate surface area is 219 Å². The van der Waals surface area contributed by atoms with Crippen molar-refractivity contribution in [1.29, 1.82) is 0 Å². The molecule has 3 heterocycles. The highest BCUT2D eigenvalue weighted by Crippen LogP contribution is 2.37. The van der Waals surface area contributed by atoms with Crippen LogP contribution in [0.4, 0.5) is 5.69 Å². The van der Waals surface area contributed by atoms with E-state index in [1.165, 1.54) is 21.7 Å². The van der Waals surface area contributed by atoms with Gasteiger partial charge in [-0.2, -0.15) is 4.31 Å². The second kappa shape index (κ2) is 10.0. The van der Waals surface area contributed by atoms with Crippen LogP contribution in [0, 0.1) is 6.92 Å². The quantitative estimate of drug-likeness (QED) is 0.428. The van der Waals surface area contributed by atoms with Crippen molar-refractivity contribution >= 4 is 44.6 Å². The first-order valence-corrected chi connectivity index (χ1v) is 14.4. The Bertz CT molecular complexity index is 1400. The van der Waals surface area contributed by atoms with Gasteiger partial charge in [-0.15, -0.1) is 11.3 Å². The van der Waals surface area contributed by atoms with Crippen molar-refractivity contribution in [1.82, 2.24) is 9.29 Å². The Balaban J connectivity index is 1.26. The van der Waals surface area contributed by atoms with Gasteiger partial charge in [-0.1, -0.05) is 17.7 Å². The number of benzene rings is 2. The number of hydrogen-bond acceptors (Lipinski definition) is 7. The fraction of sp³-hybridized carbons (Fsp3) is 0.360. The number of fused-ring (bicyclic) bond motifs is 1. The number of piperidine rings is 1. The van der Waals surface area contributed by atoms with Crippen molar-refractivity contribution in [2.75, 3.05) is 31.3 Å². The van der Waals surface area contributed by atoms with Gasteiger partial charge in [0.2, 0.25) is 16.8 Å². The van der Waals surface area contributed by atoms with Crippen molar-refractivity contribution in [2.45, 2.75) is 37.5 Å². The molecule has 5 rings (SSSR count). The summed E-state index contributed by atoms with van der Waals surface area (Å²) in [6.45, 7) is 5.18. The van der Waals surface area contributed by atoms with Gasteiger partial charge in [0.05, 0.1) is 9.90 Å². The number of nitrogens with zero attached hydrogens (tertiary/aromatic N) is 3. The maximum atomic E-state index is 13.3. The molecule has 36 heavy (non-hydrogen) atoms. The fourth-order valence-corrected chi connectivity index (χ4v) is 7.14. The lowest BCUT2D eigenvalue weighted by molar-refractivity contribution is 0.0984. The third kappa shape index (κ3) is 4.70. The van der Waals surface area contributed by atoms with E-state index in [0.717, 1.165) is 16.3 Å². The van der Waals surface area contributed by atoms with E-state index < -0.39 is 10.0 Å². The molecule has 0 aliphatic carbocycles. The van der Waals surface area contributed by atoms with Crippen LogP contribution in [0.5, 0.6) is 11.5 Å². The summed E-state index contributed by atoms with van der Waals surface area (Å²) in [6.07, 6.45) is 1.28. The molecule has 1 amide bonds. The first-order valence-electron chi connectivity index (χ1n) is 11.7. The molecule has 0 saturated carbocycles. The summed E-state index contributed by atoms with van der Waals surface area (Å²) in [5, 5.41) is 3.08. The number of carbonyl (C=O) groups is 1. The second-order valence-corrected chi connectivity index (χ2v) is 12.0. The molecule has 0 spiro atoms. The first-order chi connectivity index (χ1) is 17.3. The smallest absolute Gasteiger partial charge is 0.277 e. The van der Waals surface area contributed by atoms with E-state index in [4.69, 9.17) is 21.1 Å². The fourth-order valence-electron chi connectivity index (χ4n) is 4.43. The molecule has 190 valence electrons. The topological polar surface area (TPSA) is 89.0 Å². The molecule has 2 aliphatic rings. The lowest BCUT2D eigenvalue weighted by Gasteiger charge is -2.30. The second-order valence-electron chi connectivity index (χ2n) is 8.75. The molecule has 8 nitrogen and oxygen atoms in total. The number of aromatic nitrogens is 1. The van der Waals surface area contributed by atoms with Gasteiger partial charge in [0.1, 0.15) is 5.69 Å².